The van der Waals surface area contributed by atoms with Crippen molar-refractivity contribution in [1.29, 1.82) is 0 Å². The molecule has 1 spiro atoms. The van der Waals surface area contributed by atoms with Crippen LogP contribution in [0.5, 0.6) is 0 Å². The first-order valence-electron chi connectivity index (χ1n) is 14.0. The Bertz CT molecular complexity index is 1310. The van der Waals surface area contributed by atoms with Crippen LogP contribution in [0.25, 0.3) is 0 Å². The highest BCUT2D eigenvalue weighted by Gasteiger charge is 2.72. The summed E-state index contributed by atoms with van der Waals surface area (Å²) >= 11 is 0. The number of ether oxygens (including phenoxy) is 1. The molecule has 6 rings (SSSR count). The number of fused-ring (bicyclic) bond motifs is 1. The molecule has 1 aromatic heterocycles. The summed E-state index contributed by atoms with van der Waals surface area (Å²) in [5.41, 5.74) is 1.33. The van der Waals surface area contributed by atoms with Gasteiger partial charge in [0, 0.05) is 30.7 Å². The van der Waals surface area contributed by atoms with Gasteiger partial charge in [-0.2, -0.15) is 0 Å². The van der Waals surface area contributed by atoms with E-state index in [1.54, 1.807) is 17.3 Å². The minimum absolute atomic E-state index is 0.0371. The van der Waals surface area contributed by atoms with Crippen LogP contribution in [0.1, 0.15) is 44.2 Å². The van der Waals surface area contributed by atoms with Crippen molar-refractivity contribution in [2.24, 2.45) is 23.7 Å². The molecule has 1 saturated carbocycles. The first kappa shape index (κ1) is 25.7. The number of rotatable bonds is 6. The molecule has 3 amide bonds. The van der Waals surface area contributed by atoms with Gasteiger partial charge in [0.25, 0.3) is 0 Å². The van der Waals surface area contributed by atoms with Crippen LogP contribution in [-0.4, -0.2) is 51.4 Å². The number of anilines is 1. The lowest BCUT2D eigenvalue weighted by Gasteiger charge is -2.38. The molecule has 3 fully saturated rings. The summed E-state index contributed by atoms with van der Waals surface area (Å²) in [5.74, 6) is -1.39. The Labute approximate surface area is 229 Å². The first-order chi connectivity index (χ1) is 18.8. The molecule has 8 atom stereocenters. The number of amides is 3. The van der Waals surface area contributed by atoms with Crippen molar-refractivity contribution < 1.29 is 19.1 Å². The second-order valence-corrected chi connectivity index (χ2v) is 11.8. The van der Waals surface area contributed by atoms with Gasteiger partial charge in [-0.25, -0.2) is 0 Å². The van der Waals surface area contributed by atoms with Crippen molar-refractivity contribution in [2.45, 2.75) is 70.4 Å². The van der Waals surface area contributed by atoms with Gasteiger partial charge in [-0.3, -0.25) is 19.4 Å². The van der Waals surface area contributed by atoms with E-state index in [-0.39, 0.29) is 30.3 Å². The Kier molecular flexibility index (Phi) is 6.53. The van der Waals surface area contributed by atoms with E-state index >= 15 is 0 Å². The second-order valence-electron chi connectivity index (χ2n) is 11.8. The van der Waals surface area contributed by atoms with Crippen LogP contribution in [0.15, 0.2) is 60.9 Å². The monoisotopic (exact) mass is 528 g/mol. The summed E-state index contributed by atoms with van der Waals surface area (Å²) < 4.78 is 6.48. The number of aryl methyl sites for hydroxylation is 1. The highest BCUT2D eigenvalue weighted by Crippen LogP contribution is 2.55. The van der Waals surface area contributed by atoms with Gasteiger partial charge in [0.05, 0.1) is 17.9 Å². The van der Waals surface area contributed by atoms with Gasteiger partial charge < -0.3 is 20.3 Å². The molecule has 8 nitrogen and oxygen atoms in total. The van der Waals surface area contributed by atoms with Crippen molar-refractivity contribution in [2.75, 3.05) is 5.32 Å². The normalized spacial score (nSPS) is 34.7. The summed E-state index contributed by atoms with van der Waals surface area (Å²) in [6.45, 7) is 6.59. The van der Waals surface area contributed by atoms with Crippen molar-refractivity contribution in [3.63, 3.8) is 0 Å². The number of aromatic nitrogens is 1. The van der Waals surface area contributed by atoms with Crippen LogP contribution in [0, 0.1) is 30.6 Å². The number of carbonyl (C=O) groups excluding carboxylic acids is 3. The van der Waals surface area contributed by atoms with E-state index in [9.17, 15) is 14.4 Å². The van der Waals surface area contributed by atoms with E-state index < -0.39 is 29.6 Å². The molecule has 8 heteroatoms. The van der Waals surface area contributed by atoms with E-state index in [1.165, 1.54) is 0 Å². The molecule has 1 aromatic carbocycles. The van der Waals surface area contributed by atoms with Crippen LogP contribution in [0.4, 0.5) is 5.69 Å². The van der Waals surface area contributed by atoms with Crippen LogP contribution >= 0.6 is 0 Å². The van der Waals surface area contributed by atoms with Crippen molar-refractivity contribution in [1.82, 2.24) is 15.2 Å². The number of hydrogen-bond acceptors (Lipinski definition) is 5. The third-order valence-corrected chi connectivity index (χ3v) is 9.32. The third kappa shape index (κ3) is 4.35. The molecule has 2 N–H and O–H groups in total. The Morgan fingerprint density at radius 2 is 2.00 bits per heavy atom. The van der Waals surface area contributed by atoms with Gasteiger partial charge in [0.1, 0.15) is 11.6 Å². The smallest absolute Gasteiger partial charge is 0.246 e. The van der Waals surface area contributed by atoms with Gasteiger partial charge in [0.15, 0.2) is 0 Å². The Morgan fingerprint density at radius 3 is 2.77 bits per heavy atom. The number of nitrogens with one attached hydrogen (secondary N) is 2. The first-order valence-corrected chi connectivity index (χ1v) is 14.0. The zero-order chi connectivity index (χ0) is 27.3. The maximum Gasteiger partial charge on any atom is 0.246 e. The Balaban J connectivity index is 1.33. The maximum atomic E-state index is 14.2. The number of likely N-dealkylation sites (tertiary alicyclic amines) is 1. The van der Waals surface area contributed by atoms with E-state index in [2.05, 4.69) is 29.5 Å². The lowest BCUT2D eigenvalue weighted by Crippen LogP contribution is -2.57. The van der Waals surface area contributed by atoms with Crippen LogP contribution in [0.2, 0.25) is 0 Å². The fourth-order valence-corrected chi connectivity index (χ4v) is 7.12. The fourth-order valence-electron chi connectivity index (χ4n) is 7.12. The summed E-state index contributed by atoms with van der Waals surface area (Å²) in [7, 11) is 0. The van der Waals surface area contributed by atoms with Gasteiger partial charge in [-0.05, 0) is 54.5 Å². The van der Waals surface area contributed by atoms with E-state index in [0.717, 1.165) is 30.4 Å². The molecule has 1 aliphatic carbocycles. The van der Waals surface area contributed by atoms with Crippen LogP contribution < -0.4 is 10.6 Å². The maximum absolute atomic E-state index is 14.2. The average Bonchev–Trinajstić information content (AvgIpc) is 3.55. The molecule has 2 aromatic rings. The van der Waals surface area contributed by atoms with E-state index in [0.29, 0.717) is 17.5 Å². The molecule has 0 unspecified atom stereocenters. The summed E-state index contributed by atoms with van der Waals surface area (Å²) in [4.78, 5) is 47.7. The van der Waals surface area contributed by atoms with Gasteiger partial charge >= 0.3 is 0 Å². The predicted molar refractivity (Wildman–Crippen MR) is 146 cm³/mol. The molecule has 2 saturated heterocycles. The largest absolute Gasteiger partial charge is 0.359 e. The quantitative estimate of drug-likeness (QED) is 0.558. The number of carbonyl (C=O) groups is 3. The summed E-state index contributed by atoms with van der Waals surface area (Å²) in [5, 5.41) is 6.29. The van der Waals surface area contributed by atoms with E-state index in [1.807, 2.05) is 55.5 Å². The molecule has 3 aliphatic heterocycles. The minimum atomic E-state index is -1.19. The highest BCUT2D eigenvalue weighted by atomic mass is 16.5. The Morgan fingerprint density at radius 1 is 1.15 bits per heavy atom. The molecular weight excluding hydrogens is 492 g/mol. The van der Waals surface area contributed by atoms with Gasteiger partial charge in [-0.15, -0.1) is 0 Å². The average molecular weight is 529 g/mol. The third-order valence-electron chi connectivity index (χ3n) is 9.32. The molecule has 4 heterocycles. The second kappa shape index (κ2) is 9.90. The predicted octanol–water partition coefficient (Wildman–Crippen LogP) is 3.62. The van der Waals surface area contributed by atoms with Crippen molar-refractivity contribution in [3.8, 4) is 0 Å². The topological polar surface area (TPSA) is 101 Å². The molecule has 39 heavy (non-hydrogen) atoms. The molecular formula is C31H36N4O4. The number of benzene rings is 1. The lowest BCUT2D eigenvalue weighted by atomic mass is 9.73. The SMILES string of the molecule is Cc1cccc(NC(=O)[C@H]2[C@H]3C=C[C@@]4(O3)[C@H]2C(=O)N(Cc2cccnc2)[C@@H]4C(=O)N[C@@H]2CCC[C@H](C)[C@H]2C)c1. The van der Waals surface area contributed by atoms with Crippen molar-refractivity contribution >= 4 is 23.4 Å². The molecule has 2 bridgehead atoms. The standard InChI is InChI=1S/C31H36N4O4/c1-18-7-4-10-22(15-18)33-28(36)25-24-12-13-31(39-24)26(25)30(38)35(17-21-9-6-14-32-16-21)27(31)29(37)34-23-11-5-8-19(2)20(23)3/h4,6-7,9-10,12-16,19-20,23-27H,5,8,11,17H2,1-3H3,(H,33,36)(H,34,37)/t19-,20+,23+,24+,25-,26+,27+,31+/m0/s1. The summed E-state index contributed by atoms with van der Waals surface area (Å²) in [6.07, 6.45) is 9.66. The van der Waals surface area contributed by atoms with Crippen LogP contribution in [0.3, 0.4) is 0 Å². The minimum Gasteiger partial charge on any atom is -0.359 e. The van der Waals surface area contributed by atoms with Gasteiger partial charge in [0.2, 0.25) is 17.7 Å². The summed E-state index contributed by atoms with van der Waals surface area (Å²) in [6, 6.07) is 10.4. The highest BCUT2D eigenvalue weighted by molar-refractivity contribution is 6.02. The fraction of sp³-hybridized carbons (Fsp3) is 0.484. The molecule has 4 aliphatic rings. The molecule has 204 valence electrons. The number of hydrogen-bond donors (Lipinski definition) is 2. The van der Waals surface area contributed by atoms with Crippen molar-refractivity contribution in [3.05, 3.63) is 72.1 Å². The Hall–Kier alpha value is -3.52. The lowest BCUT2D eigenvalue weighted by molar-refractivity contribution is -0.142. The van der Waals surface area contributed by atoms with E-state index in [4.69, 9.17) is 4.74 Å². The number of pyridine rings is 1. The molecule has 0 radical (unpaired) electrons. The van der Waals surface area contributed by atoms with Crippen LogP contribution in [-0.2, 0) is 25.7 Å². The zero-order valence-electron chi connectivity index (χ0n) is 22.7. The number of nitrogens with zero attached hydrogens (tertiary/aromatic N) is 2. The van der Waals surface area contributed by atoms with Gasteiger partial charge in [-0.1, -0.05) is 57.0 Å². The zero-order valence-corrected chi connectivity index (χ0v) is 22.7.